The van der Waals surface area contributed by atoms with Crippen LogP contribution in [0.3, 0.4) is 0 Å². The largest absolute Gasteiger partial charge is 0.465 e. The van der Waals surface area contributed by atoms with Gasteiger partial charge < -0.3 is 15.0 Å². The van der Waals surface area contributed by atoms with Crippen LogP contribution in [-0.2, 0) is 4.74 Å². The maximum absolute atomic E-state index is 14.1. The molecule has 1 unspecified atom stereocenters. The van der Waals surface area contributed by atoms with Gasteiger partial charge in [0.05, 0.1) is 13.2 Å². The first-order valence-electron chi connectivity index (χ1n) is 8.41. The lowest BCUT2D eigenvalue weighted by molar-refractivity contribution is 0.0590. The molecule has 2 amide bonds. The van der Waals surface area contributed by atoms with Crippen molar-refractivity contribution in [2.75, 3.05) is 19.0 Å². The van der Waals surface area contributed by atoms with Crippen molar-refractivity contribution in [3.63, 3.8) is 0 Å². The Kier molecular flexibility index (Phi) is 5.53. The molecule has 0 aliphatic carbocycles. The van der Waals surface area contributed by atoms with Gasteiger partial charge in [-0.2, -0.15) is 0 Å². The number of ether oxygens (including phenoxy) is 1. The van der Waals surface area contributed by atoms with Gasteiger partial charge in [0.2, 0.25) is 0 Å². The minimum atomic E-state index is -1.20. The van der Waals surface area contributed by atoms with Gasteiger partial charge in [-0.3, -0.25) is 0 Å². The number of urea groups is 1. The Labute approximate surface area is 157 Å². The SMILES string of the molecule is COC(=O)c1c(F)cc(NC(=O)N2CCCC2c2cc(F)ccc2F)cc1F. The Bertz CT molecular complexity index is 912. The molecule has 2 aromatic carbocycles. The third-order valence-corrected chi connectivity index (χ3v) is 4.51. The molecule has 0 aromatic heterocycles. The Morgan fingerprint density at radius 1 is 1.07 bits per heavy atom. The van der Waals surface area contributed by atoms with E-state index in [9.17, 15) is 27.2 Å². The average molecular weight is 396 g/mol. The molecule has 28 heavy (non-hydrogen) atoms. The molecular formula is C19H16F4N2O3. The van der Waals surface area contributed by atoms with E-state index in [4.69, 9.17) is 0 Å². The van der Waals surface area contributed by atoms with Crippen molar-refractivity contribution in [1.82, 2.24) is 4.90 Å². The fourth-order valence-corrected chi connectivity index (χ4v) is 3.24. The second kappa shape index (κ2) is 7.87. The molecule has 0 spiro atoms. The summed E-state index contributed by atoms with van der Waals surface area (Å²) in [6, 6.07) is 3.11. The summed E-state index contributed by atoms with van der Waals surface area (Å²) in [5, 5.41) is 2.32. The zero-order valence-electron chi connectivity index (χ0n) is 14.8. The van der Waals surface area contributed by atoms with E-state index in [-0.39, 0.29) is 17.8 Å². The van der Waals surface area contributed by atoms with E-state index in [1.165, 1.54) is 4.90 Å². The number of hydrogen-bond acceptors (Lipinski definition) is 3. The predicted octanol–water partition coefficient (Wildman–Crippen LogP) is 4.40. The minimum Gasteiger partial charge on any atom is -0.465 e. The molecule has 0 saturated carbocycles. The van der Waals surface area contributed by atoms with Crippen molar-refractivity contribution in [1.29, 1.82) is 0 Å². The molecular weight excluding hydrogens is 380 g/mol. The summed E-state index contributed by atoms with van der Waals surface area (Å²) < 4.78 is 59.9. The van der Waals surface area contributed by atoms with E-state index in [0.29, 0.717) is 12.8 Å². The van der Waals surface area contributed by atoms with Gasteiger partial charge in [-0.15, -0.1) is 0 Å². The van der Waals surface area contributed by atoms with Crippen LogP contribution in [0.1, 0.15) is 34.8 Å². The number of likely N-dealkylation sites (tertiary alicyclic amines) is 1. The highest BCUT2D eigenvalue weighted by Gasteiger charge is 2.32. The molecule has 1 N–H and O–H groups in total. The number of benzene rings is 2. The van der Waals surface area contributed by atoms with Crippen molar-refractivity contribution in [2.45, 2.75) is 18.9 Å². The molecule has 1 fully saturated rings. The first kappa shape index (κ1) is 19.7. The van der Waals surface area contributed by atoms with E-state index in [1.807, 2.05) is 0 Å². The Balaban J connectivity index is 1.82. The molecule has 1 aliphatic heterocycles. The van der Waals surface area contributed by atoms with Gasteiger partial charge in [0.1, 0.15) is 28.8 Å². The summed E-state index contributed by atoms with van der Waals surface area (Å²) in [7, 11) is 0.982. The fraction of sp³-hybridized carbons (Fsp3) is 0.263. The van der Waals surface area contributed by atoms with Crippen LogP contribution in [-0.4, -0.2) is 30.6 Å². The van der Waals surface area contributed by atoms with E-state index in [1.54, 1.807) is 0 Å². The van der Waals surface area contributed by atoms with E-state index < -0.39 is 46.9 Å². The number of carbonyl (C=O) groups is 2. The number of nitrogens with zero attached hydrogens (tertiary/aromatic N) is 1. The van der Waals surface area contributed by atoms with Crippen molar-refractivity contribution >= 4 is 17.7 Å². The number of hydrogen-bond donors (Lipinski definition) is 1. The Morgan fingerprint density at radius 3 is 2.39 bits per heavy atom. The topological polar surface area (TPSA) is 58.6 Å². The Morgan fingerprint density at radius 2 is 1.75 bits per heavy atom. The molecule has 3 rings (SSSR count). The number of carbonyl (C=O) groups excluding carboxylic acids is 2. The normalized spacial score (nSPS) is 16.2. The maximum atomic E-state index is 14.1. The summed E-state index contributed by atoms with van der Waals surface area (Å²) in [5.41, 5.74) is -1.06. The van der Waals surface area contributed by atoms with Gasteiger partial charge in [0.15, 0.2) is 0 Å². The number of methoxy groups -OCH3 is 1. The zero-order chi connectivity index (χ0) is 20.4. The fourth-order valence-electron chi connectivity index (χ4n) is 3.24. The van der Waals surface area contributed by atoms with E-state index in [2.05, 4.69) is 10.1 Å². The van der Waals surface area contributed by atoms with Crippen LogP contribution >= 0.6 is 0 Å². The monoisotopic (exact) mass is 396 g/mol. The van der Waals surface area contributed by atoms with Crippen LogP contribution in [0.25, 0.3) is 0 Å². The molecule has 0 radical (unpaired) electrons. The van der Waals surface area contributed by atoms with Gasteiger partial charge in [-0.25, -0.2) is 27.2 Å². The smallest absolute Gasteiger partial charge is 0.343 e. The second-order valence-electron chi connectivity index (χ2n) is 6.25. The van der Waals surface area contributed by atoms with Crippen molar-refractivity contribution < 1.29 is 31.9 Å². The molecule has 1 aliphatic rings. The van der Waals surface area contributed by atoms with Gasteiger partial charge >= 0.3 is 12.0 Å². The van der Waals surface area contributed by atoms with Crippen molar-refractivity contribution in [3.8, 4) is 0 Å². The summed E-state index contributed by atoms with van der Waals surface area (Å²) in [6.45, 7) is 0.262. The molecule has 0 bridgehead atoms. The van der Waals surface area contributed by atoms with Gasteiger partial charge in [0.25, 0.3) is 0 Å². The van der Waals surface area contributed by atoms with Crippen LogP contribution in [0.15, 0.2) is 30.3 Å². The standard InChI is InChI=1S/C19H16F4N2O3/c1-28-18(26)17-14(22)8-11(9-15(17)23)24-19(27)25-6-2-3-16(25)12-7-10(20)4-5-13(12)21/h4-5,7-9,16H,2-3,6H2,1H3,(H,24,27). The second-order valence-corrected chi connectivity index (χ2v) is 6.25. The molecule has 5 nitrogen and oxygen atoms in total. The number of anilines is 1. The molecule has 148 valence electrons. The number of amides is 2. The van der Waals surface area contributed by atoms with Crippen LogP contribution in [0.4, 0.5) is 28.0 Å². The summed E-state index contributed by atoms with van der Waals surface area (Å²) in [5.74, 6) is -4.86. The summed E-state index contributed by atoms with van der Waals surface area (Å²) >= 11 is 0. The molecule has 1 atom stereocenters. The number of esters is 1. The van der Waals surface area contributed by atoms with Crippen LogP contribution < -0.4 is 5.32 Å². The lowest BCUT2D eigenvalue weighted by Crippen LogP contribution is -2.35. The average Bonchev–Trinajstić information content (AvgIpc) is 3.12. The molecule has 2 aromatic rings. The third kappa shape index (κ3) is 3.78. The first-order chi connectivity index (χ1) is 13.3. The number of halogens is 4. The lowest BCUT2D eigenvalue weighted by atomic mass is 10.0. The highest BCUT2D eigenvalue weighted by Crippen LogP contribution is 2.34. The molecule has 1 saturated heterocycles. The highest BCUT2D eigenvalue weighted by molar-refractivity contribution is 5.93. The molecule has 1 heterocycles. The highest BCUT2D eigenvalue weighted by atomic mass is 19.1. The minimum absolute atomic E-state index is 0.0334. The number of nitrogens with one attached hydrogen (secondary N) is 1. The van der Waals surface area contributed by atoms with Gasteiger partial charge in [-0.05, 0) is 43.2 Å². The van der Waals surface area contributed by atoms with E-state index in [0.717, 1.165) is 37.4 Å². The van der Waals surface area contributed by atoms with Crippen molar-refractivity contribution in [3.05, 3.63) is 64.7 Å². The van der Waals surface area contributed by atoms with E-state index >= 15 is 0 Å². The quantitative estimate of drug-likeness (QED) is 0.618. The van der Waals surface area contributed by atoms with Crippen LogP contribution in [0, 0.1) is 23.3 Å². The zero-order valence-corrected chi connectivity index (χ0v) is 14.8. The third-order valence-electron chi connectivity index (χ3n) is 4.51. The van der Waals surface area contributed by atoms with Gasteiger partial charge in [0, 0.05) is 17.8 Å². The lowest BCUT2D eigenvalue weighted by Gasteiger charge is -2.25. The summed E-state index contributed by atoms with van der Waals surface area (Å²) in [6.07, 6.45) is 0.968. The first-order valence-corrected chi connectivity index (χ1v) is 8.41. The molecule has 9 heteroatoms. The Hall–Kier alpha value is -3.10. The predicted molar refractivity (Wildman–Crippen MR) is 91.8 cm³/mol. The van der Waals surface area contributed by atoms with Crippen LogP contribution in [0.5, 0.6) is 0 Å². The van der Waals surface area contributed by atoms with Crippen molar-refractivity contribution in [2.24, 2.45) is 0 Å². The van der Waals surface area contributed by atoms with Gasteiger partial charge in [-0.1, -0.05) is 0 Å². The van der Waals surface area contributed by atoms with Crippen LogP contribution in [0.2, 0.25) is 0 Å². The summed E-state index contributed by atoms with van der Waals surface area (Å²) in [4.78, 5) is 25.2. The maximum Gasteiger partial charge on any atom is 0.343 e. The number of rotatable bonds is 3.